The number of hydrogen-bond donors (Lipinski definition) is 0. The van der Waals surface area contributed by atoms with Gasteiger partial charge in [-0.05, 0) is 51.7 Å². The predicted molar refractivity (Wildman–Crippen MR) is 90.8 cm³/mol. The van der Waals surface area contributed by atoms with E-state index in [1.165, 1.54) is 11.1 Å². The van der Waals surface area contributed by atoms with E-state index in [-0.39, 0.29) is 11.1 Å². The molecule has 0 aliphatic heterocycles. The van der Waals surface area contributed by atoms with Crippen molar-refractivity contribution < 1.29 is 0 Å². The lowest BCUT2D eigenvalue weighted by molar-refractivity contribution is 0.00290. The van der Waals surface area contributed by atoms with Crippen LogP contribution in [0.1, 0.15) is 65.5 Å². The van der Waals surface area contributed by atoms with Gasteiger partial charge in [-0.15, -0.1) is 0 Å². The summed E-state index contributed by atoms with van der Waals surface area (Å²) in [5, 5.41) is 0. The average Bonchev–Trinajstić information content (AvgIpc) is 2.45. The van der Waals surface area contributed by atoms with Gasteiger partial charge in [0, 0.05) is 17.6 Å². The van der Waals surface area contributed by atoms with Gasteiger partial charge >= 0.3 is 0 Å². The van der Waals surface area contributed by atoms with Crippen LogP contribution in [-0.2, 0) is 6.54 Å². The van der Waals surface area contributed by atoms with Gasteiger partial charge < -0.3 is 0 Å². The van der Waals surface area contributed by atoms with E-state index < -0.39 is 0 Å². The molecule has 0 N–H and O–H groups in total. The molecule has 0 aliphatic carbocycles. The zero-order valence-electron chi connectivity index (χ0n) is 14.2. The second-order valence-corrected chi connectivity index (χ2v) is 6.86. The van der Waals surface area contributed by atoms with Crippen LogP contribution in [0.15, 0.2) is 30.8 Å². The van der Waals surface area contributed by atoms with E-state index in [0.29, 0.717) is 0 Å². The van der Waals surface area contributed by atoms with Crippen LogP contribution < -0.4 is 0 Å². The molecule has 0 amide bonds. The van der Waals surface area contributed by atoms with Crippen LogP contribution in [0, 0.1) is 0 Å². The lowest BCUT2D eigenvalue weighted by Crippen LogP contribution is -2.54. The summed E-state index contributed by atoms with van der Waals surface area (Å²) in [5.74, 6) is 0. The first-order valence-electron chi connectivity index (χ1n) is 7.76. The average molecular weight is 273 g/mol. The topological polar surface area (TPSA) is 3.24 Å². The Hall–Kier alpha value is -1.08. The Bertz CT molecular complexity index is 410. The van der Waals surface area contributed by atoms with Gasteiger partial charge in [-0.25, -0.2) is 0 Å². The van der Waals surface area contributed by atoms with Gasteiger partial charge in [0.15, 0.2) is 0 Å². The fourth-order valence-electron chi connectivity index (χ4n) is 2.57. The van der Waals surface area contributed by atoms with Crippen LogP contribution in [0.5, 0.6) is 0 Å². The van der Waals surface area contributed by atoms with Crippen molar-refractivity contribution in [3.05, 3.63) is 42.0 Å². The van der Waals surface area contributed by atoms with Crippen molar-refractivity contribution in [1.29, 1.82) is 0 Å². The van der Waals surface area contributed by atoms with Gasteiger partial charge in [-0.3, -0.25) is 4.90 Å². The summed E-state index contributed by atoms with van der Waals surface area (Å²) < 4.78 is 0. The highest BCUT2D eigenvalue weighted by molar-refractivity contribution is 5.47. The molecule has 0 bridgehead atoms. The van der Waals surface area contributed by atoms with Crippen LogP contribution in [-0.4, -0.2) is 16.0 Å². The normalized spacial score (nSPS) is 12.8. The third kappa shape index (κ3) is 3.96. The molecule has 1 aromatic carbocycles. The molecule has 0 atom stereocenters. The minimum Gasteiger partial charge on any atom is -0.289 e. The third-order valence-electron chi connectivity index (χ3n) is 4.75. The van der Waals surface area contributed by atoms with E-state index in [1.54, 1.807) is 0 Å². The highest BCUT2D eigenvalue weighted by Gasteiger charge is 2.35. The van der Waals surface area contributed by atoms with E-state index in [1.807, 2.05) is 6.08 Å². The highest BCUT2D eigenvalue weighted by Crippen LogP contribution is 2.32. The Kier molecular flexibility index (Phi) is 5.59. The smallest absolute Gasteiger partial charge is 0.0244 e. The van der Waals surface area contributed by atoms with Crippen molar-refractivity contribution >= 4 is 6.08 Å². The molecule has 0 fully saturated rings. The molecule has 0 aliphatic rings. The summed E-state index contributed by atoms with van der Waals surface area (Å²) in [6.07, 6.45) is 4.20. The molecule has 0 unspecified atom stereocenters. The maximum absolute atomic E-state index is 3.82. The highest BCUT2D eigenvalue weighted by atomic mass is 15.2. The Morgan fingerprint density at radius 2 is 1.40 bits per heavy atom. The summed E-state index contributed by atoms with van der Waals surface area (Å²) >= 11 is 0. The lowest BCUT2D eigenvalue weighted by Gasteiger charge is -2.48. The molecule has 0 heterocycles. The van der Waals surface area contributed by atoms with Crippen molar-refractivity contribution in [2.24, 2.45) is 0 Å². The van der Waals surface area contributed by atoms with Crippen LogP contribution in [0.4, 0.5) is 0 Å². The summed E-state index contributed by atoms with van der Waals surface area (Å²) in [5.41, 5.74) is 2.97. The predicted octanol–water partition coefficient (Wildman–Crippen LogP) is 5.51. The monoisotopic (exact) mass is 273 g/mol. The van der Waals surface area contributed by atoms with E-state index in [2.05, 4.69) is 77.3 Å². The molecular weight excluding hydrogens is 242 g/mol. The van der Waals surface area contributed by atoms with Gasteiger partial charge in [0.2, 0.25) is 0 Å². The first-order valence-corrected chi connectivity index (χ1v) is 7.76. The van der Waals surface area contributed by atoms with Crippen molar-refractivity contribution in [2.45, 2.75) is 72.0 Å². The first-order chi connectivity index (χ1) is 9.26. The van der Waals surface area contributed by atoms with E-state index >= 15 is 0 Å². The summed E-state index contributed by atoms with van der Waals surface area (Å²) in [7, 11) is 0. The number of rotatable bonds is 7. The second-order valence-electron chi connectivity index (χ2n) is 6.86. The summed E-state index contributed by atoms with van der Waals surface area (Å²) in [6.45, 7) is 18.8. The van der Waals surface area contributed by atoms with Gasteiger partial charge in [0.1, 0.15) is 0 Å². The van der Waals surface area contributed by atoms with Crippen LogP contribution in [0.25, 0.3) is 6.08 Å². The molecule has 1 nitrogen and oxygen atoms in total. The Morgan fingerprint density at radius 3 is 1.75 bits per heavy atom. The molecule has 0 saturated carbocycles. The maximum Gasteiger partial charge on any atom is 0.0244 e. The zero-order valence-corrected chi connectivity index (χ0v) is 14.2. The lowest BCUT2D eigenvalue weighted by atomic mass is 9.88. The Balaban J connectivity index is 3.03. The number of nitrogens with zero attached hydrogens (tertiary/aromatic N) is 1. The largest absolute Gasteiger partial charge is 0.289 e. The zero-order chi connectivity index (χ0) is 15.4. The quantitative estimate of drug-likeness (QED) is 0.633. The maximum atomic E-state index is 3.82. The number of benzene rings is 1. The minimum absolute atomic E-state index is 0.205. The van der Waals surface area contributed by atoms with Gasteiger partial charge in [0.05, 0.1) is 0 Å². The van der Waals surface area contributed by atoms with E-state index in [9.17, 15) is 0 Å². The minimum atomic E-state index is 0.205. The Morgan fingerprint density at radius 1 is 0.950 bits per heavy atom. The van der Waals surface area contributed by atoms with Gasteiger partial charge in [-0.2, -0.15) is 0 Å². The van der Waals surface area contributed by atoms with Gasteiger partial charge in [0.25, 0.3) is 0 Å². The van der Waals surface area contributed by atoms with E-state index in [4.69, 9.17) is 0 Å². The standard InChI is InChI=1S/C19H31N/c1-8-16-11-13-17(14-12-16)15-20(18(4,5)9-2)19(6,7)10-3/h8,11-14H,1,9-10,15H2,2-7H3. The van der Waals surface area contributed by atoms with Crippen molar-refractivity contribution in [2.75, 3.05) is 0 Å². The van der Waals surface area contributed by atoms with Crippen molar-refractivity contribution in [3.8, 4) is 0 Å². The molecule has 0 aromatic heterocycles. The molecule has 112 valence electrons. The molecule has 1 aromatic rings. The fourth-order valence-corrected chi connectivity index (χ4v) is 2.57. The molecule has 0 radical (unpaired) electrons. The summed E-state index contributed by atoms with van der Waals surface area (Å²) in [4.78, 5) is 2.64. The van der Waals surface area contributed by atoms with E-state index in [0.717, 1.165) is 19.4 Å². The van der Waals surface area contributed by atoms with Crippen LogP contribution in [0.3, 0.4) is 0 Å². The number of hydrogen-bond acceptors (Lipinski definition) is 1. The van der Waals surface area contributed by atoms with Crippen LogP contribution >= 0.6 is 0 Å². The van der Waals surface area contributed by atoms with Crippen LogP contribution in [0.2, 0.25) is 0 Å². The fraction of sp³-hybridized carbons (Fsp3) is 0.579. The van der Waals surface area contributed by atoms with Gasteiger partial charge in [-0.1, -0.05) is 50.8 Å². The third-order valence-corrected chi connectivity index (χ3v) is 4.75. The SMILES string of the molecule is C=Cc1ccc(CN(C(C)(C)CC)C(C)(C)CC)cc1. The summed E-state index contributed by atoms with van der Waals surface area (Å²) in [6, 6.07) is 8.75. The second kappa shape index (κ2) is 6.58. The molecule has 1 rings (SSSR count). The molecular formula is C19H31N. The molecule has 0 saturated heterocycles. The molecule has 20 heavy (non-hydrogen) atoms. The van der Waals surface area contributed by atoms with Crippen molar-refractivity contribution in [3.63, 3.8) is 0 Å². The van der Waals surface area contributed by atoms with Crippen molar-refractivity contribution in [1.82, 2.24) is 4.90 Å². The molecule has 0 spiro atoms. The molecule has 1 heteroatoms. The Labute approximate surface area is 125 Å². The first kappa shape index (κ1) is 17.0.